The first-order valence-corrected chi connectivity index (χ1v) is 9.47. The SMILES string of the molecule is Nc1ccccc1-c1cc(-c2ccccc2OCCCc2ccccc2)n[nH]1. The van der Waals surface area contributed by atoms with Crippen LogP contribution in [0.5, 0.6) is 5.75 Å². The number of nitrogens with zero attached hydrogens (tertiary/aromatic N) is 1. The second-order valence-electron chi connectivity index (χ2n) is 6.69. The van der Waals surface area contributed by atoms with Gasteiger partial charge in [0.15, 0.2) is 0 Å². The minimum absolute atomic E-state index is 0.662. The molecule has 1 heterocycles. The van der Waals surface area contributed by atoms with Gasteiger partial charge < -0.3 is 10.5 Å². The van der Waals surface area contributed by atoms with Crippen molar-refractivity contribution in [2.75, 3.05) is 12.3 Å². The topological polar surface area (TPSA) is 63.9 Å². The fourth-order valence-electron chi connectivity index (χ4n) is 3.25. The lowest BCUT2D eigenvalue weighted by atomic mass is 10.1. The number of anilines is 1. The second-order valence-corrected chi connectivity index (χ2v) is 6.69. The Kier molecular flexibility index (Phi) is 5.38. The van der Waals surface area contributed by atoms with E-state index in [1.54, 1.807) is 0 Å². The molecular formula is C24H23N3O. The first-order valence-electron chi connectivity index (χ1n) is 9.47. The Bertz CT molecular complexity index is 1040. The number of nitrogens with one attached hydrogen (secondary N) is 1. The number of aromatic amines is 1. The maximum atomic E-state index is 6.09. The van der Waals surface area contributed by atoms with Crippen LogP contribution < -0.4 is 10.5 Å². The molecule has 140 valence electrons. The van der Waals surface area contributed by atoms with Gasteiger partial charge in [-0.25, -0.2) is 0 Å². The van der Waals surface area contributed by atoms with Crippen molar-refractivity contribution in [3.8, 4) is 28.3 Å². The summed E-state index contributed by atoms with van der Waals surface area (Å²) in [7, 11) is 0. The predicted octanol–water partition coefficient (Wildman–Crippen LogP) is 5.34. The summed E-state index contributed by atoms with van der Waals surface area (Å²) in [4.78, 5) is 0. The van der Waals surface area contributed by atoms with Gasteiger partial charge in [0.1, 0.15) is 5.75 Å². The van der Waals surface area contributed by atoms with Crippen LogP contribution >= 0.6 is 0 Å². The summed E-state index contributed by atoms with van der Waals surface area (Å²) in [6.45, 7) is 0.662. The summed E-state index contributed by atoms with van der Waals surface area (Å²) in [5, 5.41) is 7.57. The van der Waals surface area contributed by atoms with Crippen molar-refractivity contribution in [1.29, 1.82) is 0 Å². The van der Waals surface area contributed by atoms with Crippen LogP contribution in [0.3, 0.4) is 0 Å². The zero-order valence-corrected chi connectivity index (χ0v) is 15.6. The largest absolute Gasteiger partial charge is 0.493 e. The first-order chi connectivity index (χ1) is 13.8. The molecular weight excluding hydrogens is 346 g/mol. The Morgan fingerprint density at radius 3 is 2.36 bits per heavy atom. The maximum Gasteiger partial charge on any atom is 0.128 e. The van der Waals surface area contributed by atoms with E-state index < -0.39 is 0 Å². The van der Waals surface area contributed by atoms with Crippen LogP contribution in [0.2, 0.25) is 0 Å². The molecule has 4 nitrogen and oxygen atoms in total. The molecule has 0 atom stereocenters. The average Bonchev–Trinajstić information content (AvgIpc) is 3.22. The number of para-hydroxylation sites is 2. The lowest BCUT2D eigenvalue weighted by molar-refractivity contribution is 0.312. The van der Waals surface area contributed by atoms with Gasteiger partial charge in [-0.05, 0) is 42.7 Å². The average molecular weight is 369 g/mol. The zero-order valence-electron chi connectivity index (χ0n) is 15.6. The number of nitrogens with two attached hydrogens (primary N) is 1. The number of hydrogen-bond acceptors (Lipinski definition) is 3. The minimum Gasteiger partial charge on any atom is -0.493 e. The molecule has 0 bridgehead atoms. The molecule has 3 N–H and O–H groups in total. The number of benzene rings is 3. The van der Waals surface area contributed by atoms with Crippen molar-refractivity contribution in [3.05, 3.63) is 90.5 Å². The summed E-state index contributed by atoms with van der Waals surface area (Å²) < 4.78 is 6.07. The van der Waals surface area contributed by atoms with Gasteiger partial charge in [-0.3, -0.25) is 5.10 Å². The zero-order chi connectivity index (χ0) is 19.2. The van der Waals surface area contributed by atoms with Crippen LogP contribution in [0.4, 0.5) is 5.69 Å². The summed E-state index contributed by atoms with van der Waals surface area (Å²) in [5.41, 5.74) is 11.8. The van der Waals surface area contributed by atoms with E-state index in [2.05, 4.69) is 34.5 Å². The van der Waals surface area contributed by atoms with Crippen molar-refractivity contribution in [2.24, 2.45) is 0 Å². The van der Waals surface area contributed by atoms with Gasteiger partial charge in [-0.1, -0.05) is 60.7 Å². The quantitative estimate of drug-likeness (QED) is 0.341. The van der Waals surface area contributed by atoms with Crippen molar-refractivity contribution >= 4 is 5.69 Å². The van der Waals surface area contributed by atoms with Gasteiger partial charge in [-0.15, -0.1) is 0 Å². The molecule has 0 aliphatic carbocycles. The Morgan fingerprint density at radius 2 is 1.54 bits per heavy atom. The molecule has 28 heavy (non-hydrogen) atoms. The molecule has 4 rings (SSSR count). The van der Waals surface area contributed by atoms with Gasteiger partial charge in [0.05, 0.1) is 18.0 Å². The fourth-order valence-corrected chi connectivity index (χ4v) is 3.25. The summed E-state index contributed by atoms with van der Waals surface area (Å²) in [6, 6.07) is 28.3. The molecule has 1 aromatic heterocycles. The minimum atomic E-state index is 0.662. The third-order valence-corrected chi connectivity index (χ3v) is 4.70. The van der Waals surface area contributed by atoms with E-state index in [4.69, 9.17) is 10.5 Å². The van der Waals surface area contributed by atoms with Crippen LogP contribution in [-0.4, -0.2) is 16.8 Å². The Hall–Kier alpha value is -3.53. The molecule has 0 spiro atoms. The smallest absolute Gasteiger partial charge is 0.128 e. The van der Waals surface area contributed by atoms with Crippen LogP contribution in [0.25, 0.3) is 22.5 Å². The predicted molar refractivity (Wildman–Crippen MR) is 114 cm³/mol. The summed E-state index contributed by atoms with van der Waals surface area (Å²) in [5.74, 6) is 0.842. The molecule has 0 unspecified atom stereocenters. The van der Waals surface area contributed by atoms with E-state index in [1.165, 1.54) is 5.56 Å². The summed E-state index contributed by atoms with van der Waals surface area (Å²) >= 11 is 0. The highest BCUT2D eigenvalue weighted by molar-refractivity contribution is 5.77. The summed E-state index contributed by atoms with van der Waals surface area (Å²) in [6.07, 6.45) is 1.97. The van der Waals surface area contributed by atoms with E-state index in [1.807, 2.05) is 60.7 Å². The number of hydrogen-bond donors (Lipinski definition) is 2. The molecule has 0 saturated carbocycles. The molecule has 0 saturated heterocycles. The van der Waals surface area contributed by atoms with Gasteiger partial charge >= 0.3 is 0 Å². The molecule has 0 radical (unpaired) electrons. The van der Waals surface area contributed by atoms with E-state index in [-0.39, 0.29) is 0 Å². The van der Waals surface area contributed by atoms with Crippen LogP contribution in [0.1, 0.15) is 12.0 Å². The van der Waals surface area contributed by atoms with Crippen LogP contribution in [-0.2, 0) is 6.42 Å². The number of nitrogen functional groups attached to an aromatic ring is 1. The van der Waals surface area contributed by atoms with Crippen LogP contribution in [0, 0.1) is 0 Å². The van der Waals surface area contributed by atoms with E-state index >= 15 is 0 Å². The highest BCUT2D eigenvalue weighted by Gasteiger charge is 2.12. The van der Waals surface area contributed by atoms with E-state index in [0.717, 1.165) is 46.8 Å². The van der Waals surface area contributed by atoms with Gasteiger partial charge in [0.25, 0.3) is 0 Å². The highest BCUT2D eigenvalue weighted by Crippen LogP contribution is 2.32. The maximum absolute atomic E-state index is 6.09. The molecule has 0 fully saturated rings. The monoisotopic (exact) mass is 369 g/mol. The van der Waals surface area contributed by atoms with Crippen molar-refractivity contribution in [1.82, 2.24) is 10.2 Å². The van der Waals surface area contributed by atoms with Crippen molar-refractivity contribution in [3.63, 3.8) is 0 Å². The Morgan fingerprint density at radius 1 is 0.821 bits per heavy atom. The van der Waals surface area contributed by atoms with E-state index in [9.17, 15) is 0 Å². The number of ether oxygens (including phenoxy) is 1. The fraction of sp³-hybridized carbons (Fsp3) is 0.125. The van der Waals surface area contributed by atoms with Gasteiger partial charge in [0.2, 0.25) is 0 Å². The Labute approximate surface area is 165 Å². The second kappa shape index (κ2) is 8.44. The van der Waals surface area contributed by atoms with Gasteiger partial charge in [-0.2, -0.15) is 5.10 Å². The number of aromatic nitrogens is 2. The van der Waals surface area contributed by atoms with Crippen molar-refractivity contribution < 1.29 is 4.74 Å². The normalized spacial score (nSPS) is 10.7. The molecule has 3 aromatic carbocycles. The lowest BCUT2D eigenvalue weighted by Crippen LogP contribution is -2.00. The standard InChI is InChI=1S/C24H23N3O/c25-21-14-6-4-12-19(21)22-17-23(27-26-22)20-13-5-7-15-24(20)28-16-8-11-18-9-2-1-3-10-18/h1-7,9-10,12-15,17H,8,11,16,25H2,(H,26,27). The third-order valence-electron chi connectivity index (χ3n) is 4.70. The molecule has 0 amide bonds. The highest BCUT2D eigenvalue weighted by atomic mass is 16.5. The molecule has 0 aliphatic rings. The molecule has 4 aromatic rings. The van der Waals surface area contributed by atoms with Crippen molar-refractivity contribution in [2.45, 2.75) is 12.8 Å². The van der Waals surface area contributed by atoms with E-state index in [0.29, 0.717) is 6.61 Å². The lowest BCUT2D eigenvalue weighted by Gasteiger charge is -2.10. The van der Waals surface area contributed by atoms with Crippen LogP contribution in [0.15, 0.2) is 84.9 Å². The third kappa shape index (κ3) is 4.07. The Balaban J connectivity index is 1.47. The first kappa shape index (κ1) is 17.9. The molecule has 4 heteroatoms. The molecule has 0 aliphatic heterocycles. The number of aryl methyl sites for hydroxylation is 1. The number of H-pyrrole nitrogens is 1. The van der Waals surface area contributed by atoms with Gasteiger partial charge in [0, 0.05) is 16.8 Å². The number of rotatable bonds is 7.